The summed E-state index contributed by atoms with van der Waals surface area (Å²) in [4.78, 5) is 22.0. The maximum Gasteiger partial charge on any atom is 0.364 e. The van der Waals surface area contributed by atoms with E-state index in [9.17, 15) is 9.59 Å². The molecule has 2 fully saturated rings. The molecule has 10 heteroatoms. The lowest BCUT2D eigenvalue weighted by Crippen LogP contribution is -2.48. The van der Waals surface area contributed by atoms with E-state index in [1.807, 2.05) is 12.2 Å². The molecule has 0 saturated carbocycles. The molecule has 2 heterocycles. The highest BCUT2D eigenvalue weighted by Gasteiger charge is 2.41. The maximum absolute atomic E-state index is 11.0. The van der Waals surface area contributed by atoms with E-state index in [2.05, 4.69) is 0 Å². The molecule has 0 aromatic heterocycles. The van der Waals surface area contributed by atoms with Gasteiger partial charge in [-0.1, -0.05) is 12.2 Å². The molecule has 148 valence electrons. The molecule has 2 aliphatic heterocycles. The Hall–Kier alpha value is -0.780. The van der Waals surface area contributed by atoms with E-state index in [-0.39, 0.29) is 10.5 Å². The van der Waals surface area contributed by atoms with Crippen molar-refractivity contribution < 1.29 is 38.7 Å². The Bertz CT molecular complexity index is 476. The maximum atomic E-state index is 11.0. The Labute approximate surface area is 160 Å². The van der Waals surface area contributed by atoms with Gasteiger partial charge < -0.3 is 29.2 Å². The highest BCUT2D eigenvalue weighted by molar-refractivity contribution is 8.00. The first-order chi connectivity index (χ1) is 12.3. The lowest BCUT2D eigenvalue weighted by atomic mass is 10.3. The van der Waals surface area contributed by atoms with E-state index < -0.39 is 23.5 Å². The predicted molar refractivity (Wildman–Crippen MR) is 97.5 cm³/mol. The Morgan fingerprint density at radius 2 is 1.15 bits per heavy atom. The van der Waals surface area contributed by atoms with Gasteiger partial charge in [-0.2, -0.15) is 0 Å². The highest BCUT2D eigenvalue weighted by Crippen LogP contribution is 2.26. The summed E-state index contributed by atoms with van der Waals surface area (Å²) in [5.41, 5.74) is 0. The van der Waals surface area contributed by atoms with Gasteiger partial charge in [0.25, 0.3) is 11.6 Å². The van der Waals surface area contributed by atoms with Gasteiger partial charge in [-0.3, -0.25) is 0 Å². The van der Waals surface area contributed by atoms with Crippen LogP contribution >= 0.6 is 23.5 Å². The summed E-state index contributed by atoms with van der Waals surface area (Å²) in [7, 11) is 0. The lowest BCUT2D eigenvalue weighted by molar-refractivity contribution is -0.255. The standard InChI is InChI=1S/C16H24O8S2/c1-15(13(17)18)21-7-11(8-22-15)25-5-3-4-6-26-12-9-23-16(2,14(19)20)24-10-12/h3-4,11-12H,5-10H2,1-2H3,(H,17,18)(H,19,20)/b4-3+. The fourth-order valence-corrected chi connectivity index (χ4v) is 3.84. The van der Waals surface area contributed by atoms with Crippen LogP contribution in [0.3, 0.4) is 0 Å². The van der Waals surface area contributed by atoms with Crippen LogP contribution in [-0.4, -0.2) is 82.2 Å². The number of ether oxygens (including phenoxy) is 4. The second-order valence-electron chi connectivity index (χ2n) is 6.13. The fraction of sp³-hybridized carbons (Fsp3) is 0.750. The second kappa shape index (κ2) is 9.43. The van der Waals surface area contributed by atoms with Crippen LogP contribution in [0.25, 0.3) is 0 Å². The Morgan fingerprint density at radius 1 is 0.846 bits per heavy atom. The summed E-state index contributed by atoms with van der Waals surface area (Å²) in [6.45, 7) is 4.19. The van der Waals surface area contributed by atoms with Gasteiger partial charge in [-0.05, 0) is 0 Å². The monoisotopic (exact) mass is 408 g/mol. The van der Waals surface area contributed by atoms with Gasteiger partial charge in [0.15, 0.2) is 0 Å². The lowest BCUT2D eigenvalue weighted by Gasteiger charge is -2.34. The minimum Gasteiger partial charge on any atom is -0.477 e. The molecule has 0 amide bonds. The minimum atomic E-state index is -1.54. The summed E-state index contributed by atoms with van der Waals surface area (Å²) in [6, 6.07) is 0. The first-order valence-electron chi connectivity index (χ1n) is 8.16. The minimum absolute atomic E-state index is 0.105. The summed E-state index contributed by atoms with van der Waals surface area (Å²) in [5, 5.41) is 18.2. The molecule has 2 rings (SSSR count). The largest absolute Gasteiger partial charge is 0.477 e. The molecular weight excluding hydrogens is 384 g/mol. The molecule has 2 N–H and O–H groups in total. The van der Waals surface area contributed by atoms with Gasteiger partial charge in [0.05, 0.1) is 36.9 Å². The molecule has 0 aliphatic carbocycles. The van der Waals surface area contributed by atoms with E-state index in [1.54, 1.807) is 23.5 Å². The van der Waals surface area contributed by atoms with Crippen LogP contribution in [-0.2, 0) is 28.5 Å². The van der Waals surface area contributed by atoms with Crippen LogP contribution in [0.2, 0.25) is 0 Å². The molecule has 0 radical (unpaired) electrons. The van der Waals surface area contributed by atoms with Crippen molar-refractivity contribution in [1.29, 1.82) is 0 Å². The summed E-state index contributed by atoms with van der Waals surface area (Å²) in [5.74, 6) is -3.75. The average molecular weight is 408 g/mol. The molecule has 2 saturated heterocycles. The van der Waals surface area contributed by atoms with Crippen LogP contribution in [0.15, 0.2) is 12.2 Å². The number of carbonyl (C=O) groups is 2. The zero-order valence-corrected chi connectivity index (χ0v) is 16.3. The van der Waals surface area contributed by atoms with Gasteiger partial charge >= 0.3 is 11.9 Å². The topological polar surface area (TPSA) is 112 Å². The van der Waals surface area contributed by atoms with E-state index >= 15 is 0 Å². The number of carboxylic acid groups (broad SMARTS) is 2. The number of hydrogen-bond acceptors (Lipinski definition) is 8. The second-order valence-corrected chi connectivity index (χ2v) is 8.79. The van der Waals surface area contributed by atoms with Crippen LogP contribution < -0.4 is 0 Å². The van der Waals surface area contributed by atoms with Crippen molar-refractivity contribution in [3.63, 3.8) is 0 Å². The van der Waals surface area contributed by atoms with Crippen LogP contribution in [0.5, 0.6) is 0 Å². The van der Waals surface area contributed by atoms with Crippen molar-refractivity contribution in [2.45, 2.75) is 35.9 Å². The fourth-order valence-electron chi connectivity index (χ4n) is 2.15. The molecule has 2 aliphatic rings. The van der Waals surface area contributed by atoms with Gasteiger partial charge in [0, 0.05) is 25.4 Å². The van der Waals surface area contributed by atoms with Crippen molar-refractivity contribution >= 4 is 35.5 Å². The first kappa shape index (κ1) is 21.5. The van der Waals surface area contributed by atoms with Crippen molar-refractivity contribution in [2.75, 3.05) is 37.9 Å². The van der Waals surface area contributed by atoms with Gasteiger partial charge in [-0.25, -0.2) is 9.59 Å². The van der Waals surface area contributed by atoms with Crippen LogP contribution in [0, 0.1) is 0 Å². The average Bonchev–Trinajstić information content (AvgIpc) is 2.61. The predicted octanol–water partition coefficient (Wildman–Crippen LogP) is 1.44. The Kier molecular flexibility index (Phi) is 7.80. The van der Waals surface area contributed by atoms with Crippen LogP contribution in [0.1, 0.15) is 13.8 Å². The highest BCUT2D eigenvalue weighted by atomic mass is 32.2. The molecule has 0 aromatic carbocycles. The Balaban J connectivity index is 1.56. The molecule has 0 aromatic rings. The van der Waals surface area contributed by atoms with Gasteiger partial charge in [0.1, 0.15) is 0 Å². The van der Waals surface area contributed by atoms with E-state index in [4.69, 9.17) is 29.2 Å². The van der Waals surface area contributed by atoms with E-state index in [0.717, 1.165) is 11.5 Å². The third-order valence-corrected chi connectivity index (χ3v) is 6.24. The molecule has 0 spiro atoms. The van der Waals surface area contributed by atoms with E-state index in [0.29, 0.717) is 26.4 Å². The molecule has 0 atom stereocenters. The zero-order chi connectivity index (χ0) is 19.2. The summed E-state index contributed by atoms with van der Waals surface area (Å²) >= 11 is 3.29. The number of thioether (sulfide) groups is 2. The number of aliphatic carboxylic acids is 2. The zero-order valence-electron chi connectivity index (χ0n) is 14.7. The molecule has 0 unspecified atom stereocenters. The molecular formula is C16H24O8S2. The molecule has 0 bridgehead atoms. The SMILES string of the molecule is CC1(C(=O)O)OCC(SC/C=C/CSC2COC(C)(C(=O)O)OC2)CO1. The van der Waals surface area contributed by atoms with Crippen molar-refractivity contribution in [2.24, 2.45) is 0 Å². The quantitative estimate of drug-likeness (QED) is 0.572. The number of hydrogen-bond donors (Lipinski definition) is 2. The van der Waals surface area contributed by atoms with Crippen molar-refractivity contribution in [3.05, 3.63) is 12.2 Å². The van der Waals surface area contributed by atoms with Crippen molar-refractivity contribution in [3.8, 4) is 0 Å². The van der Waals surface area contributed by atoms with Crippen molar-refractivity contribution in [1.82, 2.24) is 0 Å². The van der Waals surface area contributed by atoms with Gasteiger partial charge in [0.2, 0.25) is 0 Å². The smallest absolute Gasteiger partial charge is 0.364 e. The Morgan fingerprint density at radius 3 is 1.42 bits per heavy atom. The summed E-state index contributed by atoms with van der Waals surface area (Å²) in [6.07, 6.45) is 4.07. The third-order valence-electron chi connectivity index (χ3n) is 3.98. The summed E-state index contributed by atoms with van der Waals surface area (Å²) < 4.78 is 21.2. The number of rotatable bonds is 8. The number of carboxylic acids is 2. The van der Waals surface area contributed by atoms with E-state index in [1.165, 1.54) is 13.8 Å². The first-order valence-corrected chi connectivity index (χ1v) is 10.3. The van der Waals surface area contributed by atoms with Gasteiger partial charge in [-0.15, -0.1) is 23.5 Å². The molecule has 8 nitrogen and oxygen atoms in total. The van der Waals surface area contributed by atoms with Crippen LogP contribution in [0.4, 0.5) is 0 Å². The third kappa shape index (κ3) is 5.86. The normalized spacial score (nSPS) is 35.5. The molecule has 26 heavy (non-hydrogen) atoms.